The third-order valence-electron chi connectivity index (χ3n) is 2.46. The molecule has 4 nitrogen and oxygen atoms in total. The normalized spacial score (nSPS) is 25.5. The Morgan fingerprint density at radius 3 is 2.82 bits per heavy atom. The summed E-state index contributed by atoms with van der Waals surface area (Å²) in [5.74, 6) is 0. The lowest BCUT2D eigenvalue weighted by Gasteiger charge is -2.42. The van der Waals surface area contributed by atoms with Crippen molar-refractivity contribution in [2.24, 2.45) is 0 Å². The minimum atomic E-state index is -0.762. The molecule has 0 aromatic carbocycles. The number of carbonyl (C=O) groups excluding carboxylic acids is 1. The molecule has 98 valence electrons. The Kier molecular flexibility index (Phi) is 4.44. The van der Waals surface area contributed by atoms with Gasteiger partial charge in [-0.05, 0) is 20.8 Å². The average molecular weight is 261 g/mol. The number of nitrogens with one attached hydrogen (secondary N) is 1. The molecule has 0 aromatic rings. The Labute approximate surface area is 108 Å². The molecule has 1 aliphatic rings. The molecular formula is C12H21ClN2O2. The number of carbonyl (C=O) groups is 1. The largest absolute Gasteiger partial charge is 0.444 e. The number of hydrogen-bond donors (Lipinski definition) is 1. The van der Waals surface area contributed by atoms with Crippen molar-refractivity contribution in [1.29, 1.82) is 0 Å². The molecule has 0 spiro atoms. The zero-order valence-corrected chi connectivity index (χ0v) is 11.5. The Hall–Kier alpha value is -0.740. The van der Waals surface area contributed by atoms with Crippen LogP contribution < -0.4 is 5.32 Å². The van der Waals surface area contributed by atoms with E-state index in [9.17, 15) is 4.79 Å². The Morgan fingerprint density at radius 1 is 1.65 bits per heavy atom. The molecular weight excluding hydrogens is 240 g/mol. The predicted octanol–water partition coefficient (Wildman–Crippen LogP) is 2.34. The van der Waals surface area contributed by atoms with E-state index in [1.54, 1.807) is 11.0 Å². The summed E-state index contributed by atoms with van der Waals surface area (Å²) in [5, 5.41) is 3.18. The smallest absolute Gasteiger partial charge is 0.411 e. The van der Waals surface area contributed by atoms with Gasteiger partial charge in [-0.25, -0.2) is 4.79 Å². The summed E-state index contributed by atoms with van der Waals surface area (Å²) in [6, 6.07) is 0. The first-order valence-corrected chi connectivity index (χ1v) is 6.17. The summed E-state index contributed by atoms with van der Waals surface area (Å²) in [6.45, 7) is 11.0. The molecule has 0 bridgehead atoms. The highest BCUT2D eigenvalue weighted by Crippen LogP contribution is 2.28. The summed E-state index contributed by atoms with van der Waals surface area (Å²) in [5.41, 5.74) is -0.506. The molecule has 1 aliphatic heterocycles. The molecule has 1 atom stereocenters. The van der Waals surface area contributed by atoms with Crippen LogP contribution in [0, 0.1) is 0 Å². The summed E-state index contributed by atoms with van der Waals surface area (Å²) < 4.78 is 5.36. The van der Waals surface area contributed by atoms with Gasteiger partial charge < -0.3 is 10.1 Å². The van der Waals surface area contributed by atoms with Crippen LogP contribution in [0.4, 0.5) is 4.79 Å². The van der Waals surface area contributed by atoms with Crippen LogP contribution in [0.1, 0.15) is 27.2 Å². The maximum absolute atomic E-state index is 12.1. The highest BCUT2D eigenvalue weighted by atomic mass is 35.5. The van der Waals surface area contributed by atoms with Crippen molar-refractivity contribution in [2.45, 2.75) is 37.8 Å². The third-order valence-corrected chi connectivity index (χ3v) is 2.95. The van der Waals surface area contributed by atoms with Gasteiger partial charge in [0.15, 0.2) is 0 Å². The molecule has 1 saturated heterocycles. The molecule has 1 fully saturated rings. The molecule has 0 saturated carbocycles. The van der Waals surface area contributed by atoms with E-state index < -0.39 is 10.6 Å². The number of amides is 1. The highest BCUT2D eigenvalue weighted by Gasteiger charge is 2.40. The van der Waals surface area contributed by atoms with E-state index in [4.69, 9.17) is 16.3 Å². The van der Waals surface area contributed by atoms with E-state index >= 15 is 0 Å². The van der Waals surface area contributed by atoms with Crippen molar-refractivity contribution in [2.75, 3.05) is 19.6 Å². The lowest BCUT2D eigenvalue weighted by atomic mass is 10.1. The highest BCUT2D eigenvalue weighted by molar-refractivity contribution is 6.24. The Morgan fingerprint density at radius 2 is 2.29 bits per heavy atom. The van der Waals surface area contributed by atoms with Gasteiger partial charge in [0.25, 0.3) is 0 Å². The minimum Gasteiger partial charge on any atom is -0.444 e. The van der Waals surface area contributed by atoms with Gasteiger partial charge in [-0.3, -0.25) is 4.90 Å². The second-order valence-corrected chi connectivity index (χ2v) is 5.92. The summed E-state index contributed by atoms with van der Waals surface area (Å²) in [7, 11) is 0. The fraction of sp³-hybridized carbons (Fsp3) is 0.750. The first-order valence-electron chi connectivity index (χ1n) is 5.80. The van der Waals surface area contributed by atoms with Crippen molar-refractivity contribution in [3.05, 3.63) is 12.7 Å². The zero-order valence-electron chi connectivity index (χ0n) is 10.8. The summed E-state index contributed by atoms with van der Waals surface area (Å²) in [6.07, 6.45) is 1.88. The first-order chi connectivity index (χ1) is 7.78. The van der Waals surface area contributed by atoms with Crippen molar-refractivity contribution >= 4 is 17.7 Å². The van der Waals surface area contributed by atoms with E-state index in [-0.39, 0.29) is 6.09 Å². The lowest BCUT2D eigenvalue weighted by Crippen LogP contribution is -2.60. The van der Waals surface area contributed by atoms with Crippen LogP contribution >= 0.6 is 11.6 Å². The van der Waals surface area contributed by atoms with E-state index in [2.05, 4.69) is 11.9 Å². The maximum atomic E-state index is 12.1. The number of halogens is 1. The Bertz CT molecular complexity index is 301. The molecule has 1 N–H and O–H groups in total. The van der Waals surface area contributed by atoms with Crippen molar-refractivity contribution in [3.8, 4) is 0 Å². The van der Waals surface area contributed by atoms with Crippen LogP contribution in [0.2, 0.25) is 0 Å². The van der Waals surface area contributed by atoms with Gasteiger partial charge in [-0.1, -0.05) is 17.7 Å². The van der Waals surface area contributed by atoms with Crippen LogP contribution in [-0.2, 0) is 4.74 Å². The number of rotatable bonds is 2. The van der Waals surface area contributed by atoms with E-state index in [1.165, 1.54) is 0 Å². The Balaban J connectivity index is 2.77. The number of ether oxygens (including phenoxy) is 1. The van der Waals surface area contributed by atoms with Crippen molar-refractivity contribution in [3.63, 3.8) is 0 Å². The molecule has 17 heavy (non-hydrogen) atoms. The second kappa shape index (κ2) is 5.27. The molecule has 1 rings (SSSR count). The van der Waals surface area contributed by atoms with E-state index in [0.29, 0.717) is 19.5 Å². The fourth-order valence-electron chi connectivity index (χ4n) is 1.74. The molecule has 5 heteroatoms. The second-order valence-electron chi connectivity index (χ2n) is 5.22. The minimum absolute atomic E-state index is 0.365. The molecule has 1 amide bonds. The third kappa shape index (κ3) is 3.89. The van der Waals surface area contributed by atoms with Crippen LogP contribution in [0.3, 0.4) is 0 Å². The topological polar surface area (TPSA) is 41.6 Å². The number of piperazine rings is 1. The summed E-state index contributed by atoms with van der Waals surface area (Å²) in [4.78, 5) is 12.9. The van der Waals surface area contributed by atoms with Gasteiger partial charge in [0.1, 0.15) is 10.6 Å². The maximum Gasteiger partial charge on any atom is 0.411 e. The monoisotopic (exact) mass is 260 g/mol. The number of alkyl halides is 1. The van der Waals surface area contributed by atoms with Gasteiger partial charge in [0.05, 0.1) is 0 Å². The predicted molar refractivity (Wildman–Crippen MR) is 69.2 cm³/mol. The molecule has 1 unspecified atom stereocenters. The fourth-order valence-corrected chi connectivity index (χ4v) is 2.10. The van der Waals surface area contributed by atoms with E-state index in [0.717, 1.165) is 6.54 Å². The first kappa shape index (κ1) is 14.3. The summed E-state index contributed by atoms with van der Waals surface area (Å²) >= 11 is 6.46. The quantitative estimate of drug-likeness (QED) is 0.471. The molecule has 1 heterocycles. The van der Waals surface area contributed by atoms with Gasteiger partial charge in [0, 0.05) is 26.1 Å². The SMILES string of the molecule is C=CCC1(Cl)CNCCN1C(=O)OC(C)(C)C. The lowest BCUT2D eigenvalue weighted by molar-refractivity contribution is 0.00622. The zero-order chi connectivity index (χ0) is 13.1. The van der Waals surface area contributed by atoms with Gasteiger partial charge in [-0.2, -0.15) is 0 Å². The molecule has 0 aliphatic carbocycles. The standard InChI is InChI=1S/C12H21ClN2O2/c1-5-6-12(13)9-14-7-8-15(12)10(16)17-11(2,3)4/h5,14H,1,6-9H2,2-4H3. The van der Waals surface area contributed by atoms with Crippen LogP contribution in [0.25, 0.3) is 0 Å². The van der Waals surface area contributed by atoms with Gasteiger partial charge in [0.2, 0.25) is 0 Å². The van der Waals surface area contributed by atoms with Gasteiger partial charge >= 0.3 is 6.09 Å². The molecule has 0 aromatic heterocycles. The van der Waals surface area contributed by atoms with Crippen molar-refractivity contribution in [1.82, 2.24) is 10.2 Å². The van der Waals surface area contributed by atoms with E-state index in [1.807, 2.05) is 20.8 Å². The van der Waals surface area contributed by atoms with Crippen molar-refractivity contribution < 1.29 is 9.53 Å². The molecule has 0 radical (unpaired) electrons. The number of hydrogen-bond acceptors (Lipinski definition) is 3. The van der Waals surface area contributed by atoms with Gasteiger partial charge in [-0.15, -0.1) is 6.58 Å². The van der Waals surface area contributed by atoms with Crippen LogP contribution in [0.5, 0.6) is 0 Å². The van der Waals surface area contributed by atoms with Crippen LogP contribution in [0.15, 0.2) is 12.7 Å². The average Bonchev–Trinajstić information content (AvgIpc) is 2.15. The van der Waals surface area contributed by atoms with Crippen LogP contribution in [-0.4, -0.2) is 41.2 Å². The number of nitrogens with zero attached hydrogens (tertiary/aromatic N) is 1.